The molecule has 1 aliphatic rings. The Morgan fingerprint density at radius 1 is 1.29 bits per heavy atom. The molecule has 8 heteroatoms. The first-order valence-corrected chi connectivity index (χ1v) is 6.09. The maximum Gasteiger partial charge on any atom is 0.452 e. The number of aliphatic hydroxyl groups is 1. The van der Waals surface area contributed by atoms with Crippen molar-refractivity contribution in [1.82, 2.24) is 9.36 Å². The topological polar surface area (TPSA) is 58.0 Å². The van der Waals surface area contributed by atoms with E-state index in [-0.39, 0.29) is 11.2 Å². The van der Waals surface area contributed by atoms with Crippen molar-refractivity contribution in [2.45, 2.75) is 44.0 Å². The highest BCUT2D eigenvalue weighted by atomic mass is 32.1. The molecule has 0 radical (unpaired) electrons. The van der Waals surface area contributed by atoms with Gasteiger partial charge in [0.15, 0.2) is 0 Å². The number of nitrogens with one attached hydrogen (secondary N) is 1. The summed E-state index contributed by atoms with van der Waals surface area (Å²) in [6, 6.07) is -0.224. The molecule has 0 aromatic carbocycles. The van der Waals surface area contributed by atoms with Crippen molar-refractivity contribution in [3.8, 4) is 0 Å². The first kappa shape index (κ1) is 12.6. The molecule has 1 saturated carbocycles. The van der Waals surface area contributed by atoms with E-state index in [9.17, 15) is 18.3 Å². The Balaban J connectivity index is 2.01. The lowest BCUT2D eigenvalue weighted by Gasteiger charge is -2.27. The van der Waals surface area contributed by atoms with Gasteiger partial charge in [0.05, 0.1) is 12.1 Å². The van der Waals surface area contributed by atoms with Gasteiger partial charge in [-0.2, -0.15) is 22.5 Å². The predicted octanol–water partition coefficient (Wildman–Crippen LogP) is 2.27. The first-order chi connectivity index (χ1) is 7.97. The molecule has 0 amide bonds. The summed E-state index contributed by atoms with van der Waals surface area (Å²) >= 11 is 0.669. The van der Waals surface area contributed by atoms with Crippen LogP contribution in [0.5, 0.6) is 0 Å². The number of hydrogen-bond acceptors (Lipinski definition) is 5. The van der Waals surface area contributed by atoms with Gasteiger partial charge in [-0.3, -0.25) is 0 Å². The molecule has 1 heterocycles. The summed E-state index contributed by atoms with van der Waals surface area (Å²) in [5, 5.41) is 12.6. The number of anilines is 1. The van der Waals surface area contributed by atoms with E-state index in [2.05, 4.69) is 14.7 Å². The fourth-order valence-corrected chi connectivity index (χ4v) is 2.48. The van der Waals surface area contributed by atoms with E-state index in [1.165, 1.54) is 0 Å². The van der Waals surface area contributed by atoms with Crippen molar-refractivity contribution in [2.75, 3.05) is 5.32 Å². The summed E-state index contributed by atoms with van der Waals surface area (Å²) in [5.41, 5.74) is 0. The Morgan fingerprint density at radius 3 is 2.59 bits per heavy atom. The molecule has 1 fully saturated rings. The zero-order valence-corrected chi connectivity index (χ0v) is 9.68. The summed E-state index contributed by atoms with van der Waals surface area (Å²) in [5.74, 6) is -1.13. The van der Waals surface area contributed by atoms with E-state index in [1.54, 1.807) is 0 Å². The van der Waals surface area contributed by atoms with Crippen LogP contribution in [0, 0.1) is 0 Å². The van der Waals surface area contributed by atoms with Gasteiger partial charge in [0.1, 0.15) is 0 Å². The molecular formula is C9H12F3N3OS. The second-order valence-corrected chi connectivity index (χ2v) is 4.78. The van der Waals surface area contributed by atoms with E-state index in [0.29, 0.717) is 18.0 Å². The van der Waals surface area contributed by atoms with Crippen molar-refractivity contribution >= 4 is 16.7 Å². The molecule has 1 aliphatic carbocycles. The summed E-state index contributed by atoms with van der Waals surface area (Å²) < 4.78 is 40.0. The van der Waals surface area contributed by atoms with Crippen molar-refractivity contribution in [1.29, 1.82) is 0 Å². The summed E-state index contributed by atoms with van der Waals surface area (Å²) in [6.45, 7) is 0. The molecule has 1 aromatic rings. The molecule has 1 aromatic heterocycles. The fourth-order valence-electron chi connectivity index (χ4n) is 1.84. The molecule has 96 valence electrons. The van der Waals surface area contributed by atoms with Crippen LogP contribution in [0.25, 0.3) is 0 Å². The Kier molecular flexibility index (Phi) is 3.53. The van der Waals surface area contributed by atoms with Crippen LogP contribution in [0.1, 0.15) is 31.5 Å². The van der Waals surface area contributed by atoms with Gasteiger partial charge in [0.2, 0.25) is 11.0 Å². The highest BCUT2D eigenvalue weighted by Crippen LogP contribution is 2.30. The quantitative estimate of drug-likeness (QED) is 0.863. The van der Waals surface area contributed by atoms with Gasteiger partial charge in [0, 0.05) is 11.5 Å². The summed E-state index contributed by atoms with van der Waals surface area (Å²) in [6.07, 6.45) is -1.73. The summed E-state index contributed by atoms with van der Waals surface area (Å²) in [4.78, 5) is 3.37. The van der Waals surface area contributed by atoms with Crippen LogP contribution in [-0.4, -0.2) is 26.6 Å². The van der Waals surface area contributed by atoms with Gasteiger partial charge >= 0.3 is 6.18 Å². The maximum atomic E-state index is 12.3. The van der Waals surface area contributed by atoms with Gasteiger partial charge in [-0.05, 0) is 12.8 Å². The Hall–Kier alpha value is -0.890. The van der Waals surface area contributed by atoms with Gasteiger partial charge in [0.25, 0.3) is 0 Å². The minimum atomic E-state index is -4.51. The van der Waals surface area contributed by atoms with E-state index in [0.717, 1.165) is 19.3 Å². The minimum Gasteiger partial charge on any atom is -0.391 e. The van der Waals surface area contributed by atoms with Crippen LogP contribution < -0.4 is 5.32 Å². The van der Waals surface area contributed by atoms with Gasteiger partial charge in [-0.1, -0.05) is 12.8 Å². The van der Waals surface area contributed by atoms with Crippen molar-refractivity contribution in [3.05, 3.63) is 5.82 Å². The average molecular weight is 267 g/mol. The van der Waals surface area contributed by atoms with Gasteiger partial charge in [-0.25, -0.2) is 0 Å². The van der Waals surface area contributed by atoms with Crippen molar-refractivity contribution in [3.63, 3.8) is 0 Å². The molecule has 2 atom stereocenters. The molecule has 0 spiro atoms. The van der Waals surface area contributed by atoms with Crippen LogP contribution in [0.3, 0.4) is 0 Å². The average Bonchev–Trinajstić information content (AvgIpc) is 2.69. The Morgan fingerprint density at radius 2 is 2.00 bits per heavy atom. The second kappa shape index (κ2) is 4.77. The van der Waals surface area contributed by atoms with E-state index in [4.69, 9.17) is 0 Å². The van der Waals surface area contributed by atoms with Crippen LogP contribution >= 0.6 is 11.5 Å². The number of aromatic nitrogens is 2. The molecule has 0 saturated heterocycles. The number of nitrogens with zero attached hydrogens (tertiary/aromatic N) is 2. The lowest BCUT2D eigenvalue weighted by Crippen LogP contribution is -2.36. The molecule has 2 unspecified atom stereocenters. The Bertz CT molecular complexity index is 382. The monoisotopic (exact) mass is 267 g/mol. The normalized spacial score (nSPS) is 25.9. The van der Waals surface area contributed by atoms with Crippen LogP contribution in [0.4, 0.5) is 18.3 Å². The van der Waals surface area contributed by atoms with Crippen molar-refractivity contribution in [2.24, 2.45) is 0 Å². The maximum absolute atomic E-state index is 12.3. The molecule has 0 bridgehead atoms. The van der Waals surface area contributed by atoms with E-state index < -0.39 is 18.1 Å². The van der Waals surface area contributed by atoms with Crippen LogP contribution in [0.2, 0.25) is 0 Å². The fraction of sp³-hybridized carbons (Fsp3) is 0.778. The van der Waals surface area contributed by atoms with E-state index in [1.807, 2.05) is 0 Å². The molecule has 17 heavy (non-hydrogen) atoms. The minimum absolute atomic E-state index is 0.114. The Labute approximate surface area is 100 Å². The molecule has 0 aliphatic heterocycles. The number of aliphatic hydroxyl groups excluding tert-OH is 1. The molecule has 4 nitrogen and oxygen atoms in total. The third kappa shape index (κ3) is 3.06. The lowest BCUT2D eigenvalue weighted by molar-refractivity contribution is -0.144. The van der Waals surface area contributed by atoms with Crippen LogP contribution in [0.15, 0.2) is 0 Å². The number of halogens is 3. The second-order valence-electron chi connectivity index (χ2n) is 4.02. The predicted molar refractivity (Wildman–Crippen MR) is 56.8 cm³/mol. The number of alkyl halides is 3. The highest BCUT2D eigenvalue weighted by molar-refractivity contribution is 7.09. The molecule has 2 N–H and O–H groups in total. The highest BCUT2D eigenvalue weighted by Gasteiger charge is 2.36. The van der Waals surface area contributed by atoms with Crippen LogP contribution in [-0.2, 0) is 6.18 Å². The largest absolute Gasteiger partial charge is 0.452 e. The van der Waals surface area contributed by atoms with E-state index >= 15 is 0 Å². The first-order valence-electron chi connectivity index (χ1n) is 5.32. The molecular weight excluding hydrogens is 255 g/mol. The zero-order chi connectivity index (χ0) is 12.5. The third-order valence-corrected chi connectivity index (χ3v) is 3.36. The molecule has 2 rings (SSSR count). The number of hydrogen-bond donors (Lipinski definition) is 2. The standard InChI is InChI=1S/C9H12F3N3OS/c10-9(11,12)7-14-8(17-15-7)13-5-3-1-2-4-6(5)16/h5-6,16H,1-4H2,(H,13,14,15). The summed E-state index contributed by atoms with van der Waals surface area (Å²) in [7, 11) is 0. The van der Waals surface area contributed by atoms with Gasteiger partial charge in [-0.15, -0.1) is 0 Å². The SMILES string of the molecule is OC1CCCCC1Nc1nc(C(F)(F)F)ns1. The lowest BCUT2D eigenvalue weighted by atomic mass is 9.93. The van der Waals surface area contributed by atoms with Gasteiger partial charge < -0.3 is 10.4 Å². The number of rotatable bonds is 2. The smallest absolute Gasteiger partial charge is 0.391 e. The van der Waals surface area contributed by atoms with Crippen molar-refractivity contribution < 1.29 is 18.3 Å². The third-order valence-electron chi connectivity index (χ3n) is 2.72. The zero-order valence-electron chi connectivity index (χ0n) is 8.87.